The lowest BCUT2D eigenvalue weighted by atomic mass is 9.77. The fourth-order valence-electron chi connectivity index (χ4n) is 2.42. The van der Waals surface area contributed by atoms with E-state index in [1.807, 2.05) is 12.1 Å². The van der Waals surface area contributed by atoms with Gasteiger partial charge in [-0.2, -0.15) is 0 Å². The molecule has 20 heavy (non-hydrogen) atoms. The molecule has 0 aliphatic rings. The minimum atomic E-state index is -0.192. The third-order valence-corrected chi connectivity index (χ3v) is 3.90. The predicted octanol–water partition coefficient (Wildman–Crippen LogP) is 4.25. The Bertz CT molecular complexity index is 452. The molecule has 2 heteroatoms. The molecule has 0 atom stereocenters. The van der Waals surface area contributed by atoms with Crippen molar-refractivity contribution in [2.45, 2.75) is 32.2 Å². The average Bonchev–Trinajstić information content (AvgIpc) is 2.40. The summed E-state index contributed by atoms with van der Waals surface area (Å²) in [6, 6.07) is 21.1. The highest BCUT2D eigenvalue weighted by atomic mass is 35.5. The Hall–Kier alpha value is -1.31. The zero-order valence-corrected chi connectivity index (χ0v) is 13.1. The van der Waals surface area contributed by atoms with Gasteiger partial charge in [-0.25, -0.2) is 0 Å². The number of hydrogen-bond donors (Lipinski definition) is 1. The smallest absolute Gasteiger partial charge is 0.0259 e. The molecule has 0 spiro atoms. The number of rotatable bonds is 5. The third-order valence-electron chi connectivity index (χ3n) is 3.90. The van der Waals surface area contributed by atoms with E-state index in [9.17, 15) is 0 Å². The largest absolute Gasteiger partial charge is 0.324 e. The van der Waals surface area contributed by atoms with E-state index >= 15 is 0 Å². The summed E-state index contributed by atoms with van der Waals surface area (Å²) in [7, 11) is 0. The van der Waals surface area contributed by atoms with Crippen LogP contribution in [-0.4, -0.2) is 5.54 Å². The van der Waals surface area contributed by atoms with E-state index in [0.717, 1.165) is 12.8 Å². The molecule has 0 bridgehead atoms. The Kier molecular flexibility index (Phi) is 6.25. The van der Waals surface area contributed by atoms with Gasteiger partial charge in [0.05, 0.1) is 0 Å². The highest BCUT2D eigenvalue weighted by molar-refractivity contribution is 5.85. The van der Waals surface area contributed by atoms with Gasteiger partial charge < -0.3 is 5.73 Å². The van der Waals surface area contributed by atoms with Crippen LogP contribution in [0.25, 0.3) is 0 Å². The lowest BCUT2D eigenvalue weighted by molar-refractivity contribution is 0.304. The summed E-state index contributed by atoms with van der Waals surface area (Å²) in [5.74, 6) is 0.438. The van der Waals surface area contributed by atoms with Crippen LogP contribution in [0.5, 0.6) is 0 Å². The molecule has 0 radical (unpaired) electrons. The average molecular weight is 290 g/mol. The standard InChI is InChI=1S/C18H23N.ClH/c1-15(2)18(19,13-16-9-5-3-6-10-16)14-17-11-7-4-8-12-17;/h3-12,15H,13-14,19H2,1-2H3;1H. The van der Waals surface area contributed by atoms with Crippen LogP contribution in [0, 0.1) is 5.92 Å². The number of nitrogens with two attached hydrogens (primary N) is 1. The Morgan fingerprint density at radius 1 is 0.800 bits per heavy atom. The molecule has 0 aromatic heterocycles. The van der Waals surface area contributed by atoms with Gasteiger partial charge in [-0.1, -0.05) is 74.5 Å². The Balaban J connectivity index is 0.00000200. The molecule has 108 valence electrons. The topological polar surface area (TPSA) is 26.0 Å². The van der Waals surface area contributed by atoms with Crippen molar-refractivity contribution >= 4 is 12.4 Å². The zero-order valence-electron chi connectivity index (χ0n) is 12.3. The van der Waals surface area contributed by atoms with E-state index in [-0.39, 0.29) is 17.9 Å². The Morgan fingerprint density at radius 2 is 1.15 bits per heavy atom. The molecule has 1 nitrogen and oxygen atoms in total. The van der Waals surface area contributed by atoms with Gasteiger partial charge in [-0.05, 0) is 29.9 Å². The van der Waals surface area contributed by atoms with Gasteiger partial charge in [-0.15, -0.1) is 12.4 Å². The molecule has 0 heterocycles. The molecule has 0 fully saturated rings. The summed E-state index contributed by atoms with van der Waals surface area (Å²) < 4.78 is 0. The zero-order chi connectivity index (χ0) is 13.7. The molecular weight excluding hydrogens is 266 g/mol. The maximum absolute atomic E-state index is 6.70. The van der Waals surface area contributed by atoms with Gasteiger partial charge in [0.25, 0.3) is 0 Å². The van der Waals surface area contributed by atoms with E-state index in [1.54, 1.807) is 0 Å². The molecule has 2 rings (SSSR count). The number of hydrogen-bond acceptors (Lipinski definition) is 1. The molecule has 0 saturated carbocycles. The van der Waals surface area contributed by atoms with Crippen molar-refractivity contribution in [3.05, 3.63) is 71.8 Å². The maximum Gasteiger partial charge on any atom is 0.0259 e. The predicted molar refractivity (Wildman–Crippen MR) is 89.3 cm³/mol. The van der Waals surface area contributed by atoms with Gasteiger partial charge >= 0.3 is 0 Å². The van der Waals surface area contributed by atoms with E-state index < -0.39 is 0 Å². The summed E-state index contributed by atoms with van der Waals surface area (Å²) >= 11 is 0. The van der Waals surface area contributed by atoms with Crippen LogP contribution in [0.2, 0.25) is 0 Å². The SMILES string of the molecule is CC(C)C(N)(Cc1ccccc1)Cc1ccccc1.Cl. The molecule has 0 aliphatic carbocycles. The Morgan fingerprint density at radius 3 is 1.45 bits per heavy atom. The molecule has 2 N–H and O–H groups in total. The van der Waals surface area contributed by atoms with Crippen molar-refractivity contribution in [1.82, 2.24) is 0 Å². The third kappa shape index (κ3) is 4.36. The van der Waals surface area contributed by atoms with Crippen LogP contribution in [0.4, 0.5) is 0 Å². The van der Waals surface area contributed by atoms with Gasteiger partial charge in [-0.3, -0.25) is 0 Å². The van der Waals surface area contributed by atoms with E-state index in [1.165, 1.54) is 11.1 Å². The first-order chi connectivity index (χ1) is 9.10. The van der Waals surface area contributed by atoms with Crippen molar-refractivity contribution in [2.75, 3.05) is 0 Å². The summed E-state index contributed by atoms with van der Waals surface area (Å²) in [6.07, 6.45) is 1.83. The fraction of sp³-hybridized carbons (Fsp3) is 0.333. The normalized spacial score (nSPS) is 11.2. The summed E-state index contributed by atoms with van der Waals surface area (Å²) in [4.78, 5) is 0. The minimum absolute atomic E-state index is 0. The Labute approximate surface area is 128 Å². The van der Waals surface area contributed by atoms with Crippen molar-refractivity contribution in [1.29, 1.82) is 0 Å². The van der Waals surface area contributed by atoms with Crippen molar-refractivity contribution < 1.29 is 0 Å². The molecule has 0 saturated heterocycles. The van der Waals surface area contributed by atoms with E-state index in [4.69, 9.17) is 5.73 Å². The fourth-order valence-corrected chi connectivity index (χ4v) is 2.42. The summed E-state index contributed by atoms with van der Waals surface area (Å²) in [6.45, 7) is 4.43. The maximum atomic E-state index is 6.70. The first-order valence-electron chi connectivity index (χ1n) is 6.97. The van der Waals surface area contributed by atoms with Crippen LogP contribution < -0.4 is 5.73 Å². The van der Waals surface area contributed by atoms with Crippen LogP contribution in [-0.2, 0) is 12.8 Å². The number of benzene rings is 2. The summed E-state index contributed by atoms with van der Waals surface area (Å²) in [5.41, 5.74) is 9.14. The van der Waals surface area contributed by atoms with Crippen LogP contribution in [0.1, 0.15) is 25.0 Å². The lowest BCUT2D eigenvalue weighted by Crippen LogP contribution is -2.49. The molecule has 0 unspecified atom stereocenters. The van der Waals surface area contributed by atoms with Gasteiger partial charge in [0.2, 0.25) is 0 Å². The first-order valence-corrected chi connectivity index (χ1v) is 6.97. The second kappa shape index (κ2) is 7.47. The van der Waals surface area contributed by atoms with Crippen LogP contribution in [0.3, 0.4) is 0 Å². The lowest BCUT2D eigenvalue weighted by Gasteiger charge is -2.34. The quantitative estimate of drug-likeness (QED) is 0.875. The van der Waals surface area contributed by atoms with Crippen molar-refractivity contribution in [3.63, 3.8) is 0 Å². The van der Waals surface area contributed by atoms with Gasteiger partial charge in [0.1, 0.15) is 0 Å². The molecule has 0 aliphatic heterocycles. The highest BCUT2D eigenvalue weighted by Gasteiger charge is 2.29. The molecule has 0 amide bonds. The van der Waals surface area contributed by atoms with E-state index in [0.29, 0.717) is 5.92 Å². The van der Waals surface area contributed by atoms with Gasteiger partial charge in [0, 0.05) is 5.54 Å². The summed E-state index contributed by atoms with van der Waals surface area (Å²) in [5, 5.41) is 0. The highest BCUT2D eigenvalue weighted by Crippen LogP contribution is 2.24. The molecule has 2 aromatic carbocycles. The molecule has 2 aromatic rings. The van der Waals surface area contributed by atoms with Gasteiger partial charge in [0.15, 0.2) is 0 Å². The first kappa shape index (κ1) is 16.7. The van der Waals surface area contributed by atoms with E-state index in [2.05, 4.69) is 62.4 Å². The monoisotopic (exact) mass is 289 g/mol. The van der Waals surface area contributed by atoms with Crippen molar-refractivity contribution in [2.24, 2.45) is 11.7 Å². The van der Waals surface area contributed by atoms with Crippen LogP contribution >= 0.6 is 12.4 Å². The van der Waals surface area contributed by atoms with Crippen LogP contribution in [0.15, 0.2) is 60.7 Å². The number of halogens is 1. The molecular formula is C18H24ClN. The van der Waals surface area contributed by atoms with Crippen molar-refractivity contribution in [3.8, 4) is 0 Å². The second-order valence-corrected chi connectivity index (χ2v) is 5.71. The second-order valence-electron chi connectivity index (χ2n) is 5.71. The minimum Gasteiger partial charge on any atom is -0.324 e.